The number of rotatable bonds is 6. The molecule has 0 spiro atoms. The molecule has 0 saturated heterocycles. The van der Waals surface area contributed by atoms with Crippen molar-refractivity contribution < 1.29 is 22.8 Å². The third-order valence-corrected chi connectivity index (χ3v) is 4.08. The molecule has 0 aliphatic rings. The first kappa shape index (κ1) is 21.1. The standard InChI is InChI=1S/C20H13ClF3N3O3/c21-15-5-7-16(8-6-15)30-17-3-1-2-13(10-17)12-25-26-18-9-4-14(20(22,23)24)11-19(18)27(28)29/h1-12,26H. The normalized spacial score (nSPS) is 11.5. The van der Waals surface area contributed by atoms with Crippen molar-refractivity contribution in [2.24, 2.45) is 5.10 Å². The molecule has 10 heteroatoms. The van der Waals surface area contributed by atoms with Crippen LogP contribution in [0.25, 0.3) is 0 Å². The summed E-state index contributed by atoms with van der Waals surface area (Å²) in [5.41, 5.74) is 0.984. The fourth-order valence-corrected chi connectivity index (χ4v) is 2.55. The Bertz CT molecular complexity index is 1090. The summed E-state index contributed by atoms with van der Waals surface area (Å²) in [6.45, 7) is 0. The van der Waals surface area contributed by atoms with E-state index in [1.807, 2.05) is 0 Å². The molecule has 30 heavy (non-hydrogen) atoms. The van der Waals surface area contributed by atoms with E-state index in [1.165, 1.54) is 6.21 Å². The summed E-state index contributed by atoms with van der Waals surface area (Å²) in [7, 11) is 0. The minimum atomic E-state index is -4.68. The van der Waals surface area contributed by atoms with Gasteiger partial charge in [-0.1, -0.05) is 23.7 Å². The molecule has 0 amide bonds. The fourth-order valence-electron chi connectivity index (χ4n) is 2.43. The van der Waals surface area contributed by atoms with E-state index in [1.54, 1.807) is 48.5 Å². The van der Waals surface area contributed by atoms with Crippen LogP contribution in [0.1, 0.15) is 11.1 Å². The number of ether oxygens (including phenoxy) is 1. The van der Waals surface area contributed by atoms with Gasteiger partial charge >= 0.3 is 6.18 Å². The molecule has 0 saturated carbocycles. The summed E-state index contributed by atoms with van der Waals surface area (Å²) in [4.78, 5) is 10.2. The zero-order chi connectivity index (χ0) is 21.7. The Kier molecular flexibility index (Phi) is 6.22. The lowest BCUT2D eigenvalue weighted by Gasteiger charge is -2.08. The minimum absolute atomic E-state index is 0.169. The van der Waals surface area contributed by atoms with Crippen molar-refractivity contribution in [1.29, 1.82) is 0 Å². The van der Waals surface area contributed by atoms with Gasteiger partial charge < -0.3 is 4.74 Å². The van der Waals surface area contributed by atoms with Crippen LogP contribution in [0.4, 0.5) is 24.5 Å². The van der Waals surface area contributed by atoms with E-state index < -0.39 is 22.4 Å². The smallest absolute Gasteiger partial charge is 0.416 e. The van der Waals surface area contributed by atoms with E-state index in [2.05, 4.69) is 10.5 Å². The molecule has 6 nitrogen and oxygen atoms in total. The molecule has 0 bridgehead atoms. The number of hydrogen-bond acceptors (Lipinski definition) is 5. The molecule has 3 aromatic carbocycles. The number of nitro benzene ring substituents is 1. The third kappa shape index (κ3) is 5.48. The molecule has 0 aliphatic heterocycles. The summed E-state index contributed by atoms with van der Waals surface area (Å²) < 4.78 is 44.0. The van der Waals surface area contributed by atoms with Crippen LogP contribution in [0, 0.1) is 10.1 Å². The fraction of sp³-hybridized carbons (Fsp3) is 0.0500. The molecule has 0 aromatic heterocycles. The lowest BCUT2D eigenvalue weighted by atomic mass is 10.1. The molecule has 0 fully saturated rings. The zero-order valence-corrected chi connectivity index (χ0v) is 15.8. The average molecular weight is 436 g/mol. The highest BCUT2D eigenvalue weighted by Gasteiger charge is 2.33. The van der Waals surface area contributed by atoms with Crippen molar-refractivity contribution in [2.75, 3.05) is 5.43 Å². The second-order valence-corrected chi connectivity index (χ2v) is 6.42. The minimum Gasteiger partial charge on any atom is -0.457 e. The van der Waals surface area contributed by atoms with Crippen LogP contribution in [-0.2, 0) is 6.18 Å². The summed E-state index contributed by atoms with van der Waals surface area (Å²) in [5, 5.41) is 15.5. The molecule has 154 valence electrons. The van der Waals surface area contributed by atoms with Gasteiger partial charge in [0.15, 0.2) is 0 Å². The SMILES string of the molecule is O=[N+]([O-])c1cc(C(F)(F)F)ccc1NN=Cc1cccc(Oc2ccc(Cl)cc2)c1. The third-order valence-electron chi connectivity index (χ3n) is 3.83. The molecular weight excluding hydrogens is 423 g/mol. The molecule has 0 heterocycles. The monoisotopic (exact) mass is 435 g/mol. The van der Waals surface area contributed by atoms with Gasteiger partial charge in [-0.25, -0.2) is 0 Å². The first-order valence-corrected chi connectivity index (χ1v) is 8.78. The van der Waals surface area contributed by atoms with E-state index >= 15 is 0 Å². The first-order valence-electron chi connectivity index (χ1n) is 8.40. The number of hydrazone groups is 1. The summed E-state index contributed by atoms with van der Waals surface area (Å²) in [6, 6.07) is 15.7. The number of nitrogens with one attached hydrogen (secondary N) is 1. The predicted molar refractivity (Wildman–Crippen MR) is 107 cm³/mol. The quantitative estimate of drug-likeness (QED) is 0.272. The Labute approximate surface area is 173 Å². The van der Waals surface area contributed by atoms with E-state index in [-0.39, 0.29) is 5.69 Å². The second-order valence-electron chi connectivity index (χ2n) is 5.99. The molecule has 0 atom stereocenters. The van der Waals surface area contributed by atoms with Gasteiger partial charge in [-0.2, -0.15) is 18.3 Å². The van der Waals surface area contributed by atoms with E-state index in [0.717, 1.165) is 12.1 Å². The maximum atomic E-state index is 12.8. The van der Waals surface area contributed by atoms with Crippen LogP contribution >= 0.6 is 11.6 Å². The van der Waals surface area contributed by atoms with Gasteiger partial charge in [0.2, 0.25) is 0 Å². The van der Waals surface area contributed by atoms with Crippen molar-refractivity contribution in [1.82, 2.24) is 0 Å². The largest absolute Gasteiger partial charge is 0.457 e. The summed E-state index contributed by atoms with van der Waals surface area (Å²) in [5.74, 6) is 1.09. The second kappa shape index (κ2) is 8.83. The van der Waals surface area contributed by atoms with Crippen molar-refractivity contribution in [2.45, 2.75) is 6.18 Å². The molecule has 1 N–H and O–H groups in total. The number of halogens is 4. The van der Waals surface area contributed by atoms with Gasteiger partial charge in [0, 0.05) is 11.1 Å². The van der Waals surface area contributed by atoms with Gasteiger partial charge in [-0.15, -0.1) is 0 Å². The van der Waals surface area contributed by atoms with Gasteiger partial charge in [0.05, 0.1) is 16.7 Å². The van der Waals surface area contributed by atoms with Crippen molar-refractivity contribution >= 4 is 29.2 Å². The number of alkyl halides is 3. The van der Waals surface area contributed by atoms with Gasteiger partial charge in [0.25, 0.3) is 5.69 Å². The highest BCUT2D eigenvalue weighted by molar-refractivity contribution is 6.30. The van der Waals surface area contributed by atoms with Crippen LogP contribution in [0.2, 0.25) is 5.02 Å². The number of anilines is 1. The molecule has 3 aromatic rings. The van der Waals surface area contributed by atoms with Crippen LogP contribution in [0.15, 0.2) is 71.8 Å². The maximum absolute atomic E-state index is 12.8. The number of hydrogen-bond donors (Lipinski definition) is 1. The Balaban J connectivity index is 1.74. The summed E-state index contributed by atoms with van der Waals surface area (Å²) >= 11 is 5.83. The topological polar surface area (TPSA) is 76.8 Å². The average Bonchev–Trinajstić information content (AvgIpc) is 2.69. The number of nitro groups is 1. The highest BCUT2D eigenvalue weighted by atomic mass is 35.5. The zero-order valence-electron chi connectivity index (χ0n) is 15.1. The van der Waals surface area contributed by atoms with Crippen LogP contribution in [0.5, 0.6) is 11.5 Å². The summed E-state index contributed by atoms with van der Waals surface area (Å²) in [6.07, 6.45) is -3.33. The van der Waals surface area contributed by atoms with Crippen molar-refractivity contribution in [3.8, 4) is 11.5 Å². The molecule has 3 rings (SSSR count). The lowest BCUT2D eigenvalue weighted by molar-refractivity contribution is -0.384. The molecule has 0 radical (unpaired) electrons. The molecule has 0 unspecified atom stereocenters. The van der Waals surface area contributed by atoms with Crippen LogP contribution in [-0.4, -0.2) is 11.1 Å². The van der Waals surface area contributed by atoms with E-state index in [9.17, 15) is 23.3 Å². The van der Waals surface area contributed by atoms with E-state index in [4.69, 9.17) is 16.3 Å². The first-order chi connectivity index (χ1) is 14.2. The van der Waals surface area contributed by atoms with Crippen LogP contribution < -0.4 is 10.2 Å². The highest BCUT2D eigenvalue weighted by Crippen LogP contribution is 2.35. The maximum Gasteiger partial charge on any atom is 0.416 e. The Morgan fingerprint density at radius 1 is 1.03 bits per heavy atom. The van der Waals surface area contributed by atoms with Crippen LogP contribution in [0.3, 0.4) is 0 Å². The Morgan fingerprint density at radius 2 is 1.77 bits per heavy atom. The Morgan fingerprint density at radius 3 is 2.43 bits per heavy atom. The number of nitrogens with zero attached hydrogens (tertiary/aromatic N) is 2. The van der Waals surface area contributed by atoms with Crippen molar-refractivity contribution in [3.05, 3.63) is 93.0 Å². The lowest BCUT2D eigenvalue weighted by Crippen LogP contribution is -2.06. The van der Waals surface area contributed by atoms with Gasteiger partial charge in [-0.05, 0) is 54.1 Å². The van der Waals surface area contributed by atoms with Crippen molar-refractivity contribution in [3.63, 3.8) is 0 Å². The van der Waals surface area contributed by atoms with Gasteiger partial charge in [-0.3, -0.25) is 15.5 Å². The van der Waals surface area contributed by atoms with E-state index in [0.29, 0.717) is 28.2 Å². The van der Waals surface area contributed by atoms with Gasteiger partial charge in [0.1, 0.15) is 17.2 Å². The number of benzene rings is 3. The molecule has 0 aliphatic carbocycles. The molecular formula is C20H13ClF3N3O3. The Hall–Kier alpha value is -3.59. The predicted octanol–water partition coefficient (Wildman–Crippen LogP) is 6.51.